The monoisotopic (exact) mass is 311 g/mol. The van der Waals surface area contributed by atoms with E-state index in [1.54, 1.807) is 12.3 Å². The number of nitrogens with zero attached hydrogens (tertiary/aromatic N) is 1. The first-order valence-corrected chi connectivity index (χ1v) is 7.19. The molecule has 0 bridgehead atoms. The van der Waals surface area contributed by atoms with Crippen molar-refractivity contribution in [3.8, 4) is 0 Å². The molecular weight excluding hydrogens is 298 g/mol. The van der Waals surface area contributed by atoms with E-state index in [0.717, 1.165) is 16.5 Å². The number of benzene rings is 2. The molecule has 0 aliphatic heterocycles. The van der Waals surface area contributed by atoms with Gasteiger partial charge in [0.2, 0.25) is 0 Å². The van der Waals surface area contributed by atoms with Crippen molar-refractivity contribution >= 4 is 39.9 Å². The third-order valence-electron chi connectivity index (χ3n) is 3.31. The number of carbonyl (C=O) groups excluding carboxylic acids is 1. The van der Waals surface area contributed by atoms with Gasteiger partial charge >= 0.3 is 6.03 Å². The lowest BCUT2D eigenvalue weighted by atomic mass is 10.2. The number of carbonyl (C=O) groups is 1. The van der Waals surface area contributed by atoms with Crippen LogP contribution in [0.3, 0.4) is 0 Å². The predicted octanol–water partition coefficient (Wildman–Crippen LogP) is 4.84. The molecule has 5 heteroatoms. The van der Waals surface area contributed by atoms with Gasteiger partial charge in [-0.1, -0.05) is 35.9 Å². The minimum Gasteiger partial charge on any atom is -0.308 e. The number of nitrogens with one attached hydrogen (secondary N) is 2. The van der Waals surface area contributed by atoms with Crippen molar-refractivity contribution < 1.29 is 4.79 Å². The quantitative estimate of drug-likeness (QED) is 0.711. The Morgan fingerprint density at radius 3 is 2.73 bits per heavy atom. The van der Waals surface area contributed by atoms with Gasteiger partial charge in [-0.25, -0.2) is 4.79 Å². The second-order valence-electron chi connectivity index (χ2n) is 4.92. The summed E-state index contributed by atoms with van der Waals surface area (Å²) in [6.07, 6.45) is 1.70. The molecule has 0 atom stereocenters. The number of anilines is 2. The van der Waals surface area contributed by atoms with Crippen LogP contribution >= 0.6 is 11.6 Å². The van der Waals surface area contributed by atoms with Gasteiger partial charge in [0, 0.05) is 22.3 Å². The van der Waals surface area contributed by atoms with E-state index in [9.17, 15) is 4.79 Å². The lowest BCUT2D eigenvalue weighted by molar-refractivity contribution is 0.262. The van der Waals surface area contributed by atoms with Gasteiger partial charge in [-0.3, -0.25) is 4.98 Å². The molecule has 4 nitrogen and oxygen atoms in total. The fraction of sp³-hybridized carbons (Fsp3) is 0.0588. The number of halogens is 1. The third-order valence-corrected chi connectivity index (χ3v) is 3.72. The molecule has 22 heavy (non-hydrogen) atoms. The smallest absolute Gasteiger partial charge is 0.308 e. The van der Waals surface area contributed by atoms with Crippen LogP contribution < -0.4 is 10.6 Å². The van der Waals surface area contributed by atoms with Crippen molar-refractivity contribution in [2.45, 2.75) is 6.92 Å². The third kappa shape index (κ3) is 3.02. The Hall–Kier alpha value is -2.59. The highest BCUT2D eigenvalue weighted by molar-refractivity contribution is 6.31. The number of urea groups is 1. The average Bonchev–Trinajstić information content (AvgIpc) is 2.51. The molecule has 0 spiro atoms. The van der Waals surface area contributed by atoms with E-state index in [4.69, 9.17) is 11.6 Å². The van der Waals surface area contributed by atoms with Crippen LogP contribution in [0.2, 0.25) is 5.02 Å². The minimum atomic E-state index is -0.335. The van der Waals surface area contributed by atoms with Crippen LogP contribution in [0.5, 0.6) is 0 Å². The molecule has 2 aromatic carbocycles. The van der Waals surface area contributed by atoms with Crippen molar-refractivity contribution in [2.75, 3.05) is 10.6 Å². The molecule has 0 fully saturated rings. The zero-order chi connectivity index (χ0) is 15.5. The van der Waals surface area contributed by atoms with Crippen LogP contribution in [0.25, 0.3) is 10.9 Å². The summed E-state index contributed by atoms with van der Waals surface area (Å²) in [6, 6.07) is 14.5. The lowest BCUT2D eigenvalue weighted by Crippen LogP contribution is -2.19. The summed E-state index contributed by atoms with van der Waals surface area (Å²) in [5.41, 5.74) is 3.02. The topological polar surface area (TPSA) is 54.0 Å². The van der Waals surface area contributed by atoms with Crippen molar-refractivity contribution in [3.05, 3.63) is 65.3 Å². The number of hydrogen-bond acceptors (Lipinski definition) is 2. The molecule has 1 heterocycles. The number of aromatic nitrogens is 1. The summed E-state index contributed by atoms with van der Waals surface area (Å²) in [7, 11) is 0. The van der Waals surface area contributed by atoms with Crippen LogP contribution in [0.4, 0.5) is 16.2 Å². The normalized spacial score (nSPS) is 10.5. The van der Waals surface area contributed by atoms with E-state index >= 15 is 0 Å². The van der Waals surface area contributed by atoms with E-state index < -0.39 is 0 Å². The average molecular weight is 312 g/mol. The van der Waals surface area contributed by atoms with Gasteiger partial charge in [0.25, 0.3) is 0 Å². The molecule has 0 saturated heterocycles. The van der Waals surface area contributed by atoms with Gasteiger partial charge in [-0.15, -0.1) is 0 Å². The Balaban J connectivity index is 1.80. The Morgan fingerprint density at radius 2 is 1.91 bits per heavy atom. The predicted molar refractivity (Wildman–Crippen MR) is 90.6 cm³/mol. The maximum Gasteiger partial charge on any atom is 0.323 e. The fourth-order valence-electron chi connectivity index (χ4n) is 2.16. The highest BCUT2D eigenvalue weighted by Gasteiger charge is 2.07. The van der Waals surface area contributed by atoms with Crippen molar-refractivity contribution in [1.29, 1.82) is 0 Å². The maximum atomic E-state index is 12.1. The van der Waals surface area contributed by atoms with Crippen LogP contribution in [-0.4, -0.2) is 11.0 Å². The summed E-state index contributed by atoms with van der Waals surface area (Å²) in [5.74, 6) is 0. The molecule has 0 aliphatic carbocycles. The number of pyridine rings is 1. The second-order valence-corrected chi connectivity index (χ2v) is 5.33. The SMILES string of the molecule is Cc1ccc(NC(=O)Nc2cccc3cccnc23)cc1Cl. The molecule has 0 aliphatic rings. The Morgan fingerprint density at radius 1 is 1.09 bits per heavy atom. The minimum absolute atomic E-state index is 0.335. The standard InChI is InChI=1S/C17H14ClN3O/c1-11-7-8-13(10-14(11)18)20-17(22)21-15-6-2-4-12-5-3-9-19-16(12)15/h2-10H,1H3,(H2,20,21,22). The van der Waals surface area contributed by atoms with E-state index in [1.807, 2.05) is 49.4 Å². The van der Waals surface area contributed by atoms with E-state index in [2.05, 4.69) is 15.6 Å². The maximum absolute atomic E-state index is 12.1. The number of amides is 2. The molecule has 3 rings (SSSR count). The molecule has 3 aromatic rings. The zero-order valence-corrected chi connectivity index (χ0v) is 12.7. The molecular formula is C17H14ClN3O. The Kier molecular flexibility index (Phi) is 3.94. The van der Waals surface area contributed by atoms with Crippen LogP contribution in [0.1, 0.15) is 5.56 Å². The van der Waals surface area contributed by atoms with Gasteiger partial charge in [0.05, 0.1) is 11.2 Å². The summed E-state index contributed by atoms with van der Waals surface area (Å²) in [4.78, 5) is 16.4. The second kappa shape index (κ2) is 6.03. The van der Waals surface area contributed by atoms with E-state index in [1.165, 1.54) is 0 Å². The zero-order valence-electron chi connectivity index (χ0n) is 11.9. The van der Waals surface area contributed by atoms with E-state index in [0.29, 0.717) is 16.4 Å². The van der Waals surface area contributed by atoms with Gasteiger partial charge in [0.15, 0.2) is 0 Å². The number of para-hydroxylation sites is 1. The van der Waals surface area contributed by atoms with Crippen LogP contribution in [-0.2, 0) is 0 Å². The van der Waals surface area contributed by atoms with Crippen LogP contribution in [0.15, 0.2) is 54.7 Å². The molecule has 0 unspecified atom stereocenters. The first-order valence-electron chi connectivity index (χ1n) is 6.81. The fourth-order valence-corrected chi connectivity index (χ4v) is 2.34. The molecule has 110 valence electrons. The highest BCUT2D eigenvalue weighted by atomic mass is 35.5. The lowest BCUT2D eigenvalue weighted by Gasteiger charge is -2.10. The molecule has 0 radical (unpaired) electrons. The molecule has 2 amide bonds. The molecule has 1 aromatic heterocycles. The number of hydrogen-bond donors (Lipinski definition) is 2. The first kappa shape index (κ1) is 14.4. The number of aryl methyl sites for hydroxylation is 1. The van der Waals surface area contributed by atoms with E-state index in [-0.39, 0.29) is 6.03 Å². The number of fused-ring (bicyclic) bond motifs is 1. The first-order chi connectivity index (χ1) is 10.6. The van der Waals surface area contributed by atoms with Crippen molar-refractivity contribution in [3.63, 3.8) is 0 Å². The van der Waals surface area contributed by atoms with Crippen molar-refractivity contribution in [2.24, 2.45) is 0 Å². The Bertz CT molecular complexity index is 843. The molecule has 0 saturated carbocycles. The van der Waals surface area contributed by atoms with Gasteiger partial charge in [0.1, 0.15) is 0 Å². The number of rotatable bonds is 2. The van der Waals surface area contributed by atoms with Gasteiger partial charge < -0.3 is 10.6 Å². The summed E-state index contributed by atoms with van der Waals surface area (Å²) < 4.78 is 0. The van der Waals surface area contributed by atoms with Gasteiger partial charge in [-0.05, 0) is 36.8 Å². The largest absolute Gasteiger partial charge is 0.323 e. The van der Waals surface area contributed by atoms with Crippen molar-refractivity contribution in [1.82, 2.24) is 4.98 Å². The summed E-state index contributed by atoms with van der Waals surface area (Å²) in [6.45, 7) is 1.91. The molecule has 2 N–H and O–H groups in total. The van der Waals surface area contributed by atoms with Gasteiger partial charge in [-0.2, -0.15) is 0 Å². The Labute approximate surface area is 133 Å². The van der Waals surface area contributed by atoms with Crippen LogP contribution in [0, 0.1) is 6.92 Å². The summed E-state index contributed by atoms with van der Waals surface area (Å²) in [5, 5.41) is 7.16. The summed E-state index contributed by atoms with van der Waals surface area (Å²) >= 11 is 6.05. The highest BCUT2D eigenvalue weighted by Crippen LogP contribution is 2.22.